The van der Waals surface area contributed by atoms with Gasteiger partial charge in [-0.2, -0.15) is 26.3 Å². The molecule has 0 bridgehead atoms. The van der Waals surface area contributed by atoms with Gasteiger partial charge in [0.05, 0.1) is 4.90 Å². The first-order chi connectivity index (χ1) is 19.3. The van der Waals surface area contributed by atoms with Crippen LogP contribution in [-0.4, -0.2) is 73.8 Å². The molecule has 8 nitrogen and oxygen atoms in total. The van der Waals surface area contributed by atoms with Crippen LogP contribution in [-0.2, 0) is 25.0 Å². The first kappa shape index (κ1) is 31.5. The fraction of sp³-hybridized carbons (Fsp3) is 0.462. The number of nitrogens with two attached hydrogens (primary N) is 1. The van der Waals surface area contributed by atoms with Crippen LogP contribution in [0.25, 0.3) is 0 Å². The Bertz CT molecular complexity index is 1420. The first-order valence-corrected chi connectivity index (χ1v) is 14.1. The van der Waals surface area contributed by atoms with E-state index in [0.717, 1.165) is 36.4 Å². The van der Waals surface area contributed by atoms with Crippen LogP contribution in [0.1, 0.15) is 30.4 Å². The third kappa shape index (κ3) is 5.18. The summed E-state index contributed by atoms with van der Waals surface area (Å²) in [5.41, 5.74) is -1.75. The number of aliphatic hydroxyl groups is 1. The quantitative estimate of drug-likeness (QED) is 0.387. The SMILES string of the molecule is NC(=O)N1CCC(C(=O)N2CCC(c3ccc(C(O)(C(F)(F)F)C(F)(F)F)cc3)(S(=O)(=O)c3ccc(F)cc3)C2)CC1. The van der Waals surface area contributed by atoms with Crippen molar-refractivity contribution in [3.05, 3.63) is 65.5 Å². The zero-order valence-corrected chi connectivity index (χ0v) is 22.6. The molecule has 2 aromatic carbocycles. The molecule has 1 unspecified atom stereocenters. The van der Waals surface area contributed by atoms with Crippen molar-refractivity contribution in [2.24, 2.45) is 11.7 Å². The van der Waals surface area contributed by atoms with Gasteiger partial charge in [-0.05, 0) is 49.1 Å². The van der Waals surface area contributed by atoms with Crippen molar-refractivity contribution in [1.82, 2.24) is 9.80 Å². The Hall–Kier alpha value is -3.40. The molecule has 0 radical (unpaired) electrons. The van der Waals surface area contributed by atoms with Crippen molar-refractivity contribution in [2.75, 3.05) is 26.2 Å². The molecule has 2 heterocycles. The second kappa shape index (κ2) is 10.7. The summed E-state index contributed by atoms with van der Waals surface area (Å²) in [7, 11) is -4.53. The summed E-state index contributed by atoms with van der Waals surface area (Å²) < 4.78 is 120. The number of halogens is 7. The second-order valence-electron chi connectivity index (χ2n) is 10.3. The van der Waals surface area contributed by atoms with Crippen molar-refractivity contribution in [3.8, 4) is 0 Å². The molecule has 42 heavy (non-hydrogen) atoms. The smallest absolute Gasteiger partial charge is 0.369 e. The third-order valence-electron chi connectivity index (χ3n) is 7.99. The predicted molar refractivity (Wildman–Crippen MR) is 133 cm³/mol. The van der Waals surface area contributed by atoms with Crippen LogP contribution in [0, 0.1) is 11.7 Å². The summed E-state index contributed by atoms with van der Waals surface area (Å²) in [6, 6.07) is 5.23. The van der Waals surface area contributed by atoms with Gasteiger partial charge in [-0.3, -0.25) is 4.79 Å². The monoisotopic (exact) mass is 625 g/mol. The van der Waals surface area contributed by atoms with Crippen molar-refractivity contribution in [2.45, 2.75) is 46.9 Å². The van der Waals surface area contributed by atoms with Crippen LogP contribution in [0.15, 0.2) is 53.4 Å². The Morgan fingerprint density at radius 1 is 0.857 bits per heavy atom. The number of alkyl halides is 6. The number of urea groups is 1. The van der Waals surface area contributed by atoms with E-state index in [1.54, 1.807) is 0 Å². The van der Waals surface area contributed by atoms with Crippen LogP contribution in [0.5, 0.6) is 0 Å². The fourth-order valence-corrected chi connectivity index (χ4v) is 7.61. The number of nitrogens with zero attached hydrogens (tertiary/aromatic N) is 2. The molecule has 3 amide bonds. The van der Waals surface area contributed by atoms with Crippen LogP contribution < -0.4 is 5.73 Å². The van der Waals surface area contributed by atoms with Gasteiger partial charge in [0.15, 0.2) is 9.84 Å². The fourth-order valence-electron chi connectivity index (χ4n) is 5.53. The number of sulfone groups is 1. The molecular weight excluding hydrogens is 599 g/mol. The minimum atomic E-state index is -6.15. The van der Waals surface area contributed by atoms with E-state index >= 15 is 0 Å². The average molecular weight is 626 g/mol. The number of primary amides is 1. The molecule has 2 saturated heterocycles. The van der Waals surface area contributed by atoms with Crippen molar-refractivity contribution < 1.29 is 53.8 Å². The predicted octanol–water partition coefficient (Wildman–Crippen LogP) is 3.83. The van der Waals surface area contributed by atoms with Gasteiger partial charge >= 0.3 is 18.4 Å². The van der Waals surface area contributed by atoms with Gasteiger partial charge in [-0.1, -0.05) is 24.3 Å². The van der Waals surface area contributed by atoms with Gasteiger partial charge in [-0.25, -0.2) is 17.6 Å². The lowest BCUT2D eigenvalue weighted by Gasteiger charge is -2.34. The largest absolute Gasteiger partial charge is 0.430 e. The molecule has 3 N–H and O–H groups in total. The molecule has 2 aliphatic heterocycles. The summed E-state index contributed by atoms with van der Waals surface area (Å²) in [6.45, 7) is -0.224. The number of amides is 3. The van der Waals surface area contributed by atoms with Gasteiger partial charge in [0.25, 0.3) is 5.60 Å². The molecule has 0 spiro atoms. The molecule has 2 aliphatic rings. The van der Waals surface area contributed by atoms with E-state index in [2.05, 4.69) is 0 Å². The third-order valence-corrected chi connectivity index (χ3v) is 10.5. The first-order valence-electron chi connectivity index (χ1n) is 12.7. The molecule has 0 aliphatic carbocycles. The van der Waals surface area contributed by atoms with E-state index in [4.69, 9.17) is 5.73 Å². The number of hydrogen-bond acceptors (Lipinski definition) is 5. The summed E-state index contributed by atoms with van der Waals surface area (Å²) in [4.78, 5) is 27.0. The zero-order valence-electron chi connectivity index (χ0n) is 21.8. The van der Waals surface area contributed by atoms with Crippen molar-refractivity contribution in [1.29, 1.82) is 0 Å². The van der Waals surface area contributed by atoms with E-state index in [0.29, 0.717) is 12.1 Å². The lowest BCUT2D eigenvalue weighted by atomic mass is 9.89. The molecule has 16 heteroatoms. The lowest BCUT2D eigenvalue weighted by Crippen LogP contribution is -2.54. The number of likely N-dealkylation sites (tertiary alicyclic amines) is 2. The van der Waals surface area contributed by atoms with Gasteiger partial charge in [0.1, 0.15) is 10.6 Å². The van der Waals surface area contributed by atoms with E-state index in [-0.39, 0.29) is 49.4 Å². The Balaban J connectivity index is 1.74. The summed E-state index contributed by atoms with van der Waals surface area (Å²) in [6.07, 6.45) is -12.1. The number of rotatable bonds is 5. The minimum Gasteiger partial charge on any atom is -0.369 e. The second-order valence-corrected chi connectivity index (χ2v) is 12.6. The molecular formula is C26H26F7N3O5S. The van der Waals surface area contributed by atoms with Crippen LogP contribution in [0.4, 0.5) is 35.5 Å². The highest BCUT2D eigenvalue weighted by Crippen LogP contribution is 2.51. The molecule has 4 rings (SSSR count). The lowest BCUT2D eigenvalue weighted by molar-refractivity contribution is -0.376. The maximum atomic E-state index is 14.0. The maximum absolute atomic E-state index is 14.0. The highest BCUT2D eigenvalue weighted by molar-refractivity contribution is 7.92. The standard InChI is InChI=1S/C26H26F7N3O5S/c27-19-5-7-20(8-6-19)42(40,41)23(11-14-36(15-23)21(37)16-9-12-35(13-10-16)22(34)38)17-1-3-18(4-2-17)24(39,25(28,29)30)26(31,32)33/h1-8,16,39H,9-15H2,(H2,34,38). The van der Waals surface area contributed by atoms with E-state index in [1.807, 2.05) is 0 Å². The summed E-state index contributed by atoms with van der Waals surface area (Å²) >= 11 is 0. The van der Waals surface area contributed by atoms with Crippen LogP contribution in [0.2, 0.25) is 0 Å². The highest BCUT2D eigenvalue weighted by atomic mass is 32.2. The van der Waals surface area contributed by atoms with Gasteiger partial charge in [0.2, 0.25) is 5.91 Å². The molecule has 1 atom stereocenters. The van der Waals surface area contributed by atoms with Gasteiger partial charge in [-0.15, -0.1) is 0 Å². The normalized spacial score (nSPS) is 21.0. The Morgan fingerprint density at radius 3 is 1.86 bits per heavy atom. The molecule has 2 fully saturated rings. The zero-order chi connectivity index (χ0) is 31.3. The van der Waals surface area contributed by atoms with Crippen molar-refractivity contribution >= 4 is 21.8 Å². The topological polar surface area (TPSA) is 121 Å². The summed E-state index contributed by atoms with van der Waals surface area (Å²) in [5, 5.41) is 9.76. The highest BCUT2D eigenvalue weighted by Gasteiger charge is 2.71. The Labute approximate surface area is 235 Å². The Kier molecular flexibility index (Phi) is 8.04. The van der Waals surface area contributed by atoms with Crippen LogP contribution >= 0.6 is 0 Å². The molecule has 0 saturated carbocycles. The maximum Gasteiger partial charge on any atom is 0.430 e. The molecule has 230 valence electrons. The van der Waals surface area contributed by atoms with Crippen molar-refractivity contribution in [3.63, 3.8) is 0 Å². The number of hydrogen-bond donors (Lipinski definition) is 2. The Morgan fingerprint density at radius 2 is 1.38 bits per heavy atom. The average Bonchev–Trinajstić information content (AvgIpc) is 3.39. The summed E-state index contributed by atoms with van der Waals surface area (Å²) in [5.74, 6) is -1.77. The number of carbonyl (C=O) groups is 2. The molecule has 0 aromatic heterocycles. The van der Waals surface area contributed by atoms with E-state index < -0.39 is 68.3 Å². The van der Waals surface area contributed by atoms with Crippen LogP contribution in [0.3, 0.4) is 0 Å². The van der Waals surface area contributed by atoms with E-state index in [9.17, 15) is 53.8 Å². The molecule has 2 aromatic rings. The number of benzene rings is 2. The number of carbonyl (C=O) groups excluding carboxylic acids is 2. The van der Waals surface area contributed by atoms with E-state index in [1.165, 1.54) is 9.80 Å². The van der Waals surface area contributed by atoms with Gasteiger partial charge < -0.3 is 20.6 Å². The minimum absolute atomic E-state index is 0.119. The number of piperidine rings is 1. The van der Waals surface area contributed by atoms with Gasteiger partial charge in [0, 0.05) is 37.7 Å².